The number of nitrogens with zero attached hydrogens (tertiary/aromatic N) is 1. The van der Waals surface area contributed by atoms with Gasteiger partial charge in [0.25, 0.3) is 0 Å². The van der Waals surface area contributed by atoms with Crippen molar-refractivity contribution in [3.05, 3.63) is 0 Å². The molecule has 0 aromatic carbocycles. The van der Waals surface area contributed by atoms with E-state index in [-0.39, 0.29) is 0 Å². The van der Waals surface area contributed by atoms with Crippen molar-refractivity contribution < 1.29 is 13.3 Å². The van der Waals surface area contributed by atoms with Crippen molar-refractivity contribution in [3.8, 4) is 0 Å². The smallest absolute Gasteiger partial charge is 0.377 e. The molecule has 0 N–H and O–H groups in total. The molecule has 1 saturated heterocycles. The lowest BCUT2D eigenvalue weighted by Crippen LogP contribution is -2.50. The van der Waals surface area contributed by atoms with Crippen molar-refractivity contribution in [1.29, 1.82) is 0 Å². The maximum atomic E-state index is 5.65. The Balaban J connectivity index is 2.76. The average Bonchev–Trinajstić information content (AvgIpc) is 2.84. The summed E-state index contributed by atoms with van der Waals surface area (Å²) in [5.74, 6) is 0.645. The van der Waals surface area contributed by atoms with Crippen LogP contribution in [0.4, 0.5) is 0 Å². The molecule has 102 valence electrons. The molecule has 0 bridgehead atoms. The Labute approximate surface area is 107 Å². The Kier molecular flexibility index (Phi) is 6.09. The second-order valence-corrected chi connectivity index (χ2v) is 7.85. The van der Waals surface area contributed by atoms with Crippen LogP contribution in [0, 0.1) is 5.92 Å². The molecular formula is C12H27NO3Si. The zero-order chi connectivity index (χ0) is 12.9. The molecule has 1 fully saturated rings. The van der Waals surface area contributed by atoms with Crippen LogP contribution < -0.4 is 0 Å². The van der Waals surface area contributed by atoms with Crippen LogP contribution >= 0.6 is 0 Å². The van der Waals surface area contributed by atoms with Gasteiger partial charge in [0.15, 0.2) is 0 Å². The molecule has 0 saturated carbocycles. The molecule has 4 nitrogen and oxygen atoms in total. The molecule has 0 aromatic heterocycles. The molecule has 0 aromatic rings. The first-order chi connectivity index (χ1) is 8.17. The summed E-state index contributed by atoms with van der Waals surface area (Å²) in [6.07, 6.45) is 2.29. The van der Waals surface area contributed by atoms with Gasteiger partial charge in [0.05, 0.1) is 0 Å². The van der Waals surface area contributed by atoms with Gasteiger partial charge in [-0.2, -0.15) is 0 Å². The summed E-state index contributed by atoms with van der Waals surface area (Å²) in [4.78, 5) is 2.49. The molecule has 0 radical (unpaired) electrons. The predicted molar refractivity (Wildman–Crippen MR) is 71.0 cm³/mol. The minimum absolute atomic E-state index is 0.416. The van der Waals surface area contributed by atoms with Crippen LogP contribution in [0.1, 0.15) is 26.7 Å². The second kappa shape index (κ2) is 6.85. The van der Waals surface area contributed by atoms with Crippen molar-refractivity contribution in [2.75, 3.05) is 41.0 Å². The predicted octanol–water partition coefficient (Wildman–Crippen LogP) is 1.99. The first-order valence-corrected chi connectivity index (χ1v) is 8.35. The fourth-order valence-electron chi connectivity index (χ4n) is 3.05. The summed E-state index contributed by atoms with van der Waals surface area (Å²) in [6.45, 7) is 7.91. The molecule has 17 heavy (non-hydrogen) atoms. The highest BCUT2D eigenvalue weighted by Crippen LogP contribution is 2.39. The highest BCUT2D eigenvalue weighted by Gasteiger charge is 2.50. The molecular weight excluding hydrogens is 234 g/mol. The van der Waals surface area contributed by atoms with Gasteiger partial charge >= 0.3 is 8.80 Å². The van der Waals surface area contributed by atoms with Crippen LogP contribution in [0.2, 0.25) is 5.54 Å². The highest BCUT2D eigenvalue weighted by molar-refractivity contribution is 6.62. The standard InChI is InChI=1S/C12H27NO3Si/c1-6-12(17(14-3,15-4)16-5)11-8-9-13(7-2)10-11/h11-12H,6-10H2,1-5H3. The fourth-order valence-corrected chi connectivity index (χ4v) is 5.81. The van der Waals surface area contributed by atoms with E-state index in [0.29, 0.717) is 11.5 Å². The molecule has 1 aliphatic rings. The fraction of sp³-hybridized carbons (Fsp3) is 1.00. The number of hydrogen-bond donors (Lipinski definition) is 0. The minimum atomic E-state index is -2.48. The third kappa shape index (κ3) is 3.09. The maximum Gasteiger partial charge on any atom is 0.503 e. The third-order valence-electron chi connectivity index (χ3n) is 4.07. The Morgan fingerprint density at radius 3 is 2.12 bits per heavy atom. The number of hydrogen-bond acceptors (Lipinski definition) is 4. The van der Waals surface area contributed by atoms with Crippen LogP contribution in [0.3, 0.4) is 0 Å². The Hall–Kier alpha value is 0.0569. The normalized spacial score (nSPS) is 24.2. The van der Waals surface area contributed by atoms with Gasteiger partial charge in [0, 0.05) is 33.4 Å². The topological polar surface area (TPSA) is 30.9 Å². The molecule has 0 aliphatic carbocycles. The summed E-state index contributed by atoms with van der Waals surface area (Å²) >= 11 is 0. The van der Waals surface area contributed by atoms with E-state index in [1.165, 1.54) is 13.0 Å². The molecule has 2 atom stereocenters. The van der Waals surface area contributed by atoms with E-state index < -0.39 is 8.80 Å². The van der Waals surface area contributed by atoms with Crippen LogP contribution in [0.25, 0.3) is 0 Å². The van der Waals surface area contributed by atoms with Crippen LogP contribution in [0.5, 0.6) is 0 Å². The van der Waals surface area contributed by atoms with Gasteiger partial charge in [-0.3, -0.25) is 0 Å². The van der Waals surface area contributed by atoms with Gasteiger partial charge in [-0.05, 0) is 31.8 Å². The third-order valence-corrected chi connectivity index (χ3v) is 7.57. The molecule has 5 heteroatoms. The number of rotatable bonds is 7. The van der Waals surface area contributed by atoms with Gasteiger partial charge in [-0.25, -0.2) is 0 Å². The van der Waals surface area contributed by atoms with E-state index in [1.807, 2.05) is 0 Å². The van der Waals surface area contributed by atoms with Gasteiger partial charge in [-0.15, -0.1) is 0 Å². The zero-order valence-corrected chi connectivity index (χ0v) is 12.9. The van der Waals surface area contributed by atoms with E-state index in [4.69, 9.17) is 13.3 Å². The highest BCUT2D eigenvalue weighted by atomic mass is 28.4. The van der Waals surface area contributed by atoms with Crippen LogP contribution in [0.15, 0.2) is 0 Å². The van der Waals surface area contributed by atoms with E-state index in [2.05, 4.69) is 18.7 Å². The molecule has 0 spiro atoms. The summed E-state index contributed by atoms with van der Waals surface area (Å²) in [5, 5.41) is 0. The lowest BCUT2D eigenvalue weighted by atomic mass is 10.0. The first kappa shape index (κ1) is 15.1. The minimum Gasteiger partial charge on any atom is -0.377 e. The Morgan fingerprint density at radius 1 is 1.18 bits per heavy atom. The largest absolute Gasteiger partial charge is 0.503 e. The van der Waals surface area contributed by atoms with Gasteiger partial charge < -0.3 is 18.2 Å². The summed E-state index contributed by atoms with van der Waals surface area (Å²) < 4.78 is 16.9. The van der Waals surface area contributed by atoms with Crippen molar-refractivity contribution in [2.24, 2.45) is 5.92 Å². The summed E-state index contributed by atoms with van der Waals surface area (Å²) in [7, 11) is 2.67. The Morgan fingerprint density at radius 2 is 1.76 bits per heavy atom. The van der Waals surface area contributed by atoms with Crippen LogP contribution in [-0.2, 0) is 13.3 Å². The van der Waals surface area contributed by atoms with Crippen molar-refractivity contribution >= 4 is 8.80 Å². The van der Waals surface area contributed by atoms with Crippen molar-refractivity contribution in [2.45, 2.75) is 32.2 Å². The summed E-state index contributed by atoms with van der Waals surface area (Å²) in [5.41, 5.74) is 0.416. The molecule has 1 aliphatic heterocycles. The molecule has 2 unspecified atom stereocenters. The Bertz CT molecular complexity index is 216. The van der Waals surface area contributed by atoms with E-state index in [9.17, 15) is 0 Å². The van der Waals surface area contributed by atoms with E-state index in [0.717, 1.165) is 19.5 Å². The lowest BCUT2D eigenvalue weighted by Gasteiger charge is -2.35. The quantitative estimate of drug-likeness (QED) is 0.656. The van der Waals surface area contributed by atoms with Gasteiger partial charge in [0.1, 0.15) is 0 Å². The SMILES string of the molecule is CCC(C1CCN(CC)C1)[Si](OC)(OC)OC. The second-order valence-electron chi connectivity index (χ2n) is 4.67. The van der Waals surface area contributed by atoms with Gasteiger partial charge in [0.2, 0.25) is 0 Å². The number of likely N-dealkylation sites (tertiary alicyclic amines) is 1. The van der Waals surface area contributed by atoms with Gasteiger partial charge in [-0.1, -0.05) is 13.8 Å². The molecule has 0 amide bonds. The summed E-state index contributed by atoms with van der Waals surface area (Å²) in [6, 6.07) is 0. The van der Waals surface area contributed by atoms with Crippen LogP contribution in [-0.4, -0.2) is 54.7 Å². The molecule has 1 heterocycles. The average molecular weight is 261 g/mol. The lowest BCUT2D eigenvalue weighted by molar-refractivity contribution is 0.100. The molecule has 1 rings (SSSR count). The van der Waals surface area contributed by atoms with Crippen molar-refractivity contribution in [3.63, 3.8) is 0 Å². The van der Waals surface area contributed by atoms with E-state index >= 15 is 0 Å². The maximum absolute atomic E-state index is 5.65. The zero-order valence-electron chi connectivity index (χ0n) is 11.9. The first-order valence-electron chi connectivity index (χ1n) is 6.55. The van der Waals surface area contributed by atoms with Crippen molar-refractivity contribution in [1.82, 2.24) is 4.90 Å². The monoisotopic (exact) mass is 261 g/mol. The van der Waals surface area contributed by atoms with E-state index in [1.54, 1.807) is 21.3 Å².